The molecule has 0 atom stereocenters. The number of anilines is 1. The van der Waals surface area contributed by atoms with Crippen molar-refractivity contribution in [2.24, 2.45) is 0 Å². The van der Waals surface area contributed by atoms with Crippen LogP contribution < -0.4 is 9.64 Å². The minimum absolute atomic E-state index is 0.0876. The Bertz CT molecular complexity index is 777. The average Bonchev–Trinajstić information content (AvgIpc) is 2.91. The van der Waals surface area contributed by atoms with E-state index in [0.717, 1.165) is 58.1 Å². The molecule has 7 heteroatoms. The van der Waals surface area contributed by atoms with Gasteiger partial charge >= 0.3 is 0 Å². The molecule has 148 valence electrons. The highest BCUT2D eigenvalue weighted by Crippen LogP contribution is 2.22. The Morgan fingerprint density at radius 1 is 0.893 bits per heavy atom. The third-order valence-corrected chi connectivity index (χ3v) is 5.38. The molecule has 1 aromatic heterocycles. The Morgan fingerprint density at radius 2 is 1.64 bits per heavy atom. The monoisotopic (exact) mass is 381 g/mol. The van der Waals surface area contributed by atoms with Crippen molar-refractivity contribution in [1.29, 1.82) is 0 Å². The number of benzene rings is 1. The summed E-state index contributed by atoms with van der Waals surface area (Å²) in [6.07, 6.45) is 5.69. The van der Waals surface area contributed by atoms with Crippen LogP contribution in [0.15, 0.2) is 42.7 Å². The van der Waals surface area contributed by atoms with E-state index in [4.69, 9.17) is 4.74 Å². The fourth-order valence-electron chi connectivity index (χ4n) is 3.78. The van der Waals surface area contributed by atoms with Crippen LogP contribution >= 0.6 is 0 Å². The molecule has 7 nitrogen and oxygen atoms in total. The van der Waals surface area contributed by atoms with Crippen molar-refractivity contribution in [3.63, 3.8) is 0 Å². The number of carbonyl (C=O) groups excluding carboxylic acids is 1. The van der Waals surface area contributed by atoms with Gasteiger partial charge in [-0.3, -0.25) is 9.69 Å². The SMILES string of the molecule is O=C1c2ccccc2OCCN1CCCCN1CCN(c2ncccn2)CC1. The number of nitrogens with zero attached hydrogens (tertiary/aromatic N) is 5. The van der Waals surface area contributed by atoms with Crippen molar-refractivity contribution >= 4 is 11.9 Å². The van der Waals surface area contributed by atoms with Crippen LogP contribution in [-0.4, -0.2) is 78.1 Å². The van der Waals surface area contributed by atoms with E-state index in [0.29, 0.717) is 24.5 Å². The lowest BCUT2D eigenvalue weighted by Crippen LogP contribution is -2.47. The molecule has 0 aliphatic carbocycles. The molecule has 0 spiro atoms. The van der Waals surface area contributed by atoms with Gasteiger partial charge in [-0.05, 0) is 37.6 Å². The van der Waals surface area contributed by atoms with Crippen LogP contribution in [0, 0.1) is 0 Å². The predicted molar refractivity (Wildman–Crippen MR) is 108 cm³/mol. The Labute approximate surface area is 165 Å². The van der Waals surface area contributed by atoms with Crippen LogP contribution in [0.5, 0.6) is 5.75 Å². The maximum Gasteiger partial charge on any atom is 0.257 e. The highest BCUT2D eigenvalue weighted by atomic mass is 16.5. The second-order valence-electron chi connectivity index (χ2n) is 7.22. The maximum absolute atomic E-state index is 12.7. The Kier molecular flexibility index (Phi) is 6.01. The molecular weight excluding hydrogens is 354 g/mol. The van der Waals surface area contributed by atoms with Gasteiger partial charge in [0, 0.05) is 45.1 Å². The molecule has 1 fully saturated rings. The molecule has 1 saturated heterocycles. The van der Waals surface area contributed by atoms with Gasteiger partial charge in [-0.25, -0.2) is 9.97 Å². The summed E-state index contributed by atoms with van der Waals surface area (Å²) in [5.41, 5.74) is 0.680. The van der Waals surface area contributed by atoms with Crippen molar-refractivity contribution in [2.75, 3.05) is 57.3 Å². The van der Waals surface area contributed by atoms with Crippen molar-refractivity contribution < 1.29 is 9.53 Å². The number of carbonyl (C=O) groups is 1. The molecule has 0 unspecified atom stereocenters. The molecule has 3 heterocycles. The zero-order valence-corrected chi connectivity index (χ0v) is 16.2. The van der Waals surface area contributed by atoms with E-state index in [1.54, 1.807) is 12.4 Å². The van der Waals surface area contributed by atoms with Crippen molar-refractivity contribution in [3.8, 4) is 5.75 Å². The van der Waals surface area contributed by atoms with E-state index in [-0.39, 0.29) is 5.91 Å². The second-order valence-corrected chi connectivity index (χ2v) is 7.22. The first-order chi connectivity index (χ1) is 13.8. The summed E-state index contributed by atoms with van der Waals surface area (Å²) in [4.78, 5) is 28.0. The third-order valence-electron chi connectivity index (χ3n) is 5.38. The molecule has 2 aliphatic rings. The molecule has 0 saturated carbocycles. The van der Waals surface area contributed by atoms with Crippen LogP contribution in [0.1, 0.15) is 23.2 Å². The summed E-state index contributed by atoms with van der Waals surface area (Å²) >= 11 is 0. The van der Waals surface area contributed by atoms with Gasteiger partial charge in [-0.2, -0.15) is 0 Å². The van der Waals surface area contributed by atoms with E-state index in [1.165, 1.54) is 0 Å². The minimum Gasteiger partial charge on any atom is -0.491 e. The lowest BCUT2D eigenvalue weighted by molar-refractivity contribution is 0.0751. The fourth-order valence-corrected chi connectivity index (χ4v) is 3.78. The second kappa shape index (κ2) is 9.01. The molecular formula is C21H27N5O2. The van der Waals surface area contributed by atoms with Gasteiger partial charge in [0.05, 0.1) is 12.1 Å². The van der Waals surface area contributed by atoms with Crippen molar-refractivity contribution in [1.82, 2.24) is 19.8 Å². The van der Waals surface area contributed by atoms with Crippen LogP contribution in [0.25, 0.3) is 0 Å². The molecule has 1 aromatic carbocycles. The lowest BCUT2D eigenvalue weighted by Gasteiger charge is -2.34. The highest BCUT2D eigenvalue weighted by Gasteiger charge is 2.23. The Morgan fingerprint density at radius 3 is 2.46 bits per heavy atom. The Hall–Kier alpha value is -2.67. The van der Waals surface area contributed by atoms with Gasteiger partial charge in [0.1, 0.15) is 12.4 Å². The highest BCUT2D eigenvalue weighted by molar-refractivity contribution is 5.97. The van der Waals surface area contributed by atoms with Crippen LogP contribution in [0.2, 0.25) is 0 Å². The number of aromatic nitrogens is 2. The first-order valence-electron chi connectivity index (χ1n) is 10.1. The summed E-state index contributed by atoms with van der Waals surface area (Å²) in [5, 5.41) is 0. The summed E-state index contributed by atoms with van der Waals surface area (Å²) in [6.45, 7) is 7.05. The first kappa shape index (κ1) is 18.7. The van der Waals surface area contributed by atoms with Gasteiger partial charge in [0.2, 0.25) is 5.95 Å². The van der Waals surface area contributed by atoms with Crippen molar-refractivity contribution in [3.05, 3.63) is 48.3 Å². The lowest BCUT2D eigenvalue weighted by atomic mass is 10.1. The molecule has 2 aliphatic heterocycles. The standard InChI is InChI=1S/C21H27N5O2/c27-20-18-6-1-2-7-19(18)28-17-16-25(20)11-4-3-10-24-12-14-26(15-13-24)21-22-8-5-9-23-21/h1-2,5-9H,3-4,10-17H2. The van der Waals surface area contributed by atoms with Gasteiger partial charge < -0.3 is 14.5 Å². The third kappa shape index (κ3) is 4.42. The number of fused-ring (bicyclic) bond motifs is 1. The molecule has 2 aromatic rings. The summed E-state index contributed by atoms with van der Waals surface area (Å²) < 4.78 is 5.71. The van der Waals surface area contributed by atoms with Crippen LogP contribution in [-0.2, 0) is 0 Å². The Balaban J connectivity index is 1.19. The van der Waals surface area contributed by atoms with Gasteiger partial charge in [0.25, 0.3) is 5.91 Å². The molecule has 1 amide bonds. The number of unbranched alkanes of at least 4 members (excludes halogenated alkanes) is 1. The maximum atomic E-state index is 12.7. The van der Waals surface area contributed by atoms with Crippen LogP contribution in [0.4, 0.5) is 5.95 Å². The summed E-state index contributed by atoms with van der Waals surface area (Å²) in [7, 11) is 0. The number of piperazine rings is 1. The number of hydrogen-bond acceptors (Lipinski definition) is 6. The van der Waals surface area contributed by atoms with Crippen LogP contribution in [0.3, 0.4) is 0 Å². The normalized spacial score (nSPS) is 17.8. The zero-order valence-electron chi connectivity index (χ0n) is 16.2. The van der Waals surface area contributed by atoms with E-state index in [2.05, 4.69) is 19.8 Å². The molecule has 0 bridgehead atoms. The number of hydrogen-bond donors (Lipinski definition) is 0. The molecule has 0 N–H and O–H groups in total. The predicted octanol–water partition coefficient (Wildman–Crippen LogP) is 1.91. The van der Waals surface area contributed by atoms with E-state index in [1.807, 2.05) is 35.2 Å². The average molecular weight is 381 g/mol. The number of rotatable bonds is 6. The van der Waals surface area contributed by atoms with E-state index >= 15 is 0 Å². The fraction of sp³-hybridized carbons (Fsp3) is 0.476. The summed E-state index contributed by atoms with van der Waals surface area (Å²) in [6, 6.07) is 9.37. The topological polar surface area (TPSA) is 61.8 Å². The number of amides is 1. The molecule has 0 radical (unpaired) electrons. The zero-order chi connectivity index (χ0) is 19.2. The number of para-hydroxylation sites is 1. The quantitative estimate of drug-likeness (QED) is 0.713. The molecule has 4 rings (SSSR count). The van der Waals surface area contributed by atoms with E-state index in [9.17, 15) is 4.79 Å². The number of ether oxygens (including phenoxy) is 1. The largest absolute Gasteiger partial charge is 0.491 e. The van der Waals surface area contributed by atoms with Gasteiger partial charge in [-0.15, -0.1) is 0 Å². The van der Waals surface area contributed by atoms with Gasteiger partial charge in [0.15, 0.2) is 0 Å². The first-order valence-corrected chi connectivity index (χ1v) is 10.1. The molecule has 28 heavy (non-hydrogen) atoms. The summed E-state index contributed by atoms with van der Waals surface area (Å²) in [5.74, 6) is 1.61. The van der Waals surface area contributed by atoms with Gasteiger partial charge in [-0.1, -0.05) is 12.1 Å². The minimum atomic E-state index is 0.0876. The van der Waals surface area contributed by atoms with E-state index < -0.39 is 0 Å². The smallest absolute Gasteiger partial charge is 0.257 e. The van der Waals surface area contributed by atoms with Crippen molar-refractivity contribution in [2.45, 2.75) is 12.8 Å².